The van der Waals surface area contributed by atoms with E-state index in [1.807, 2.05) is 0 Å². The largest absolute Gasteiger partial charge is 0.550 e. The minimum Gasteiger partial charge on any atom is -0.550 e. The number of hydrogen-bond donors (Lipinski definition) is 0. The maximum atomic E-state index is 11.7. The molecule has 1 amide bonds. The second-order valence-corrected chi connectivity index (χ2v) is 4.26. The van der Waals surface area contributed by atoms with Crippen LogP contribution in [0.4, 0.5) is 5.69 Å². The predicted octanol–water partition coefficient (Wildman–Crippen LogP) is -0.424. The van der Waals surface area contributed by atoms with Crippen LogP contribution in [0, 0.1) is 5.92 Å². The normalized spacial score (nSPS) is 18.5. The van der Waals surface area contributed by atoms with Gasteiger partial charge in [0.25, 0.3) is 0 Å². The Balaban J connectivity index is 2.17. The molecule has 19 heavy (non-hydrogen) atoms. The van der Waals surface area contributed by atoms with Crippen molar-refractivity contribution in [3.05, 3.63) is 29.8 Å². The Labute approximate surface area is 109 Å². The fourth-order valence-corrected chi connectivity index (χ4v) is 2.01. The number of methoxy groups -OCH3 is 1. The van der Waals surface area contributed by atoms with Gasteiger partial charge in [0.15, 0.2) is 0 Å². The van der Waals surface area contributed by atoms with Crippen molar-refractivity contribution in [2.45, 2.75) is 6.42 Å². The van der Waals surface area contributed by atoms with E-state index in [1.54, 1.807) is 12.1 Å². The third-order valence-corrected chi connectivity index (χ3v) is 3.06. The lowest BCUT2D eigenvalue weighted by molar-refractivity contribution is -0.310. The molecule has 6 nitrogen and oxygen atoms in total. The van der Waals surface area contributed by atoms with Crippen LogP contribution in [-0.2, 0) is 14.3 Å². The van der Waals surface area contributed by atoms with Crippen molar-refractivity contribution >= 4 is 23.5 Å². The maximum Gasteiger partial charge on any atom is 0.337 e. The number of nitrogens with zero attached hydrogens (tertiary/aromatic N) is 1. The zero-order valence-corrected chi connectivity index (χ0v) is 10.3. The van der Waals surface area contributed by atoms with E-state index in [4.69, 9.17) is 0 Å². The number of carboxylic acid groups (broad SMARTS) is 1. The highest BCUT2D eigenvalue weighted by Gasteiger charge is 2.31. The molecule has 0 N–H and O–H groups in total. The fourth-order valence-electron chi connectivity index (χ4n) is 2.01. The minimum absolute atomic E-state index is 0.0545. The van der Waals surface area contributed by atoms with Gasteiger partial charge in [-0.25, -0.2) is 4.79 Å². The molecule has 0 spiro atoms. The first-order chi connectivity index (χ1) is 9.02. The number of rotatable bonds is 3. The molecule has 0 aromatic heterocycles. The Morgan fingerprint density at radius 1 is 1.32 bits per heavy atom. The summed E-state index contributed by atoms with van der Waals surface area (Å²) < 4.78 is 4.57. The second kappa shape index (κ2) is 5.09. The van der Waals surface area contributed by atoms with Gasteiger partial charge in [0.2, 0.25) is 5.91 Å². The zero-order chi connectivity index (χ0) is 14.0. The topological polar surface area (TPSA) is 86.7 Å². The lowest BCUT2D eigenvalue weighted by atomic mass is 10.1. The van der Waals surface area contributed by atoms with E-state index in [1.165, 1.54) is 24.1 Å². The average molecular weight is 262 g/mol. The molecule has 2 rings (SSSR count). The number of esters is 1. The molecular formula is C13H12NO5-. The van der Waals surface area contributed by atoms with E-state index in [9.17, 15) is 19.5 Å². The molecule has 1 atom stereocenters. The summed E-state index contributed by atoms with van der Waals surface area (Å²) >= 11 is 0. The molecule has 100 valence electrons. The van der Waals surface area contributed by atoms with Crippen LogP contribution in [0.25, 0.3) is 0 Å². The van der Waals surface area contributed by atoms with Crippen LogP contribution in [0.2, 0.25) is 0 Å². The molecule has 1 saturated heterocycles. The molecule has 6 heteroatoms. The van der Waals surface area contributed by atoms with Gasteiger partial charge < -0.3 is 19.5 Å². The first-order valence-corrected chi connectivity index (χ1v) is 5.72. The highest BCUT2D eigenvalue weighted by Crippen LogP contribution is 2.25. The summed E-state index contributed by atoms with van der Waals surface area (Å²) in [5.41, 5.74) is 0.927. The van der Waals surface area contributed by atoms with Crippen molar-refractivity contribution in [1.29, 1.82) is 0 Å². The quantitative estimate of drug-likeness (QED) is 0.690. The summed E-state index contributed by atoms with van der Waals surface area (Å²) in [4.78, 5) is 35.1. The third kappa shape index (κ3) is 2.57. The molecular weight excluding hydrogens is 250 g/mol. The van der Waals surface area contributed by atoms with Gasteiger partial charge in [-0.2, -0.15) is 0 Å². The number of hydrogen-bond acceptors (Lipinski definition) is 5. The Hall–Kier alpha value is -2.37. The molecule has 0 bridgehead atoms. The average Bonchev–Trinajstić information content (AvgIpc) is 2.80. The van der Waals surface area contributed by atoms with Gasteiger partial charge in [0, 0.05) is 30.5 Å². The predicted molar refractivity (Wildman–Crippen MR) is 63.2 cm³/mol. The van der Waals surface area contributed by atoms with Crippen LogP contribution in [0.5, 0.6) is 0 Å². The highest BCUT2D eigenvalue weighted by atomic mass is 16.5. The van der Waals surface area contributed by atoms with Gasteiger partial charge >= 0.3 is 5.97 Å². The number of carbonyl (C=O) groups excluding carboxylic acids is 3. The maximum absolute atomic E-state index is 11.7. The van der Waals surface area contributed by atoms with E-state index < -0.39 is 17.9 Å². The number of anilines is 1. The number of carboxylic acids is 1. The van der Waals surface area contributed by atoms with Gasteiger partial charge in [-0.1, -0.05) is 0 Å². The van der Waals surface area contributed by atoms with Crippen molar-refractivity contribution in [1.82, 2.24) is 0 Å². The van der Waals surface area contributed by atoms with E-state index in [2.05, 4.69) is 4.74 Å². The molecule has 1 heterocycles. The van der Waals surface area contributed by atoms with Crippen molar-refractivity contribution in [3.63, 3.8) is 0 Å². The third-order valence-electron chi connectivity index (χ3n) is 3.06. The highest BCUT2D eigenvalue weighted by molar-refractivity contribution is 5.99. The van der Waals surface area contributed by atoms with Crippen LogP contribution in [0.1, 0.15) is 16.8 Å². The van der Waals surface area contributed by atoms with Crippen LogP contribution < -0.4 is 10.0 Å². The number of ether oxygens (including phenoxy) is 1. The first kappa shape index (κ1) is 13.1. The van der Waals surface area contributed by atoms with E-state index in [0.29, 0.717) is 11.3 Å². The van der Waals surface area contributed by atoms with E-state index >= 15 is 0 Å². The van der Waals surface area contributed by atoms with Gasteiger partial charge in [0.1, 0.15) is 0 Å². The molecule has 1 aliphatic rings. The molecule has 1 fully saturated rings. The van der Waals surface area contributed by atoms with Gasteiger partial charge in [0.05, 0.1) is 12.7 Å². The summed E-state index contributed by atoms with van der Waals surface area (Å²) in [6.07, 6.45) is -0.0545. The summed E-state index contributed by atoms with van der Waals surface area (Å²) in [7, 11) is 1.28. The Bertz CT molecular complexity index is 522. The fraction of sp³-hybridized carbons (Fsp3) is 0.308. The number of aliphatic carboxylic acids is 1. The first-order valence-electron chi connectivity index (χ1n) is 5.72. The van der Waals surface area contributed by atoms with Crippen molar-refractivity contribution < 1.29 is 24.2 Å². The van der Waals surface area contributed by atoms with E-state index in [-0.39, 0.29) is 18.9 Å². The smallest absolute Gasteiger partial charge is 0.337 e. The Morgan fingerprint density at radius 2 is 1.95 bits per heavy atom. The number of carbonyl (C=O) groups is 3. The second-order valence-electron chi connectivity index (χ2n) is 4.26. The number of benzene rings is 1. The Morgan fingerprint density at radius 3 is 2.42 bits per heavy atom. The van der Waals surface area contributed by atoms with Crippen molar-refractivity contribution in [3.8, 4) is 0 Å². The van der Waals surface area contributed by atoms with Gasteiger partial charge in [-0.3, -0.25) is 4.79 Å². The lowest BCUT2D eigenvalue weighted by Gasteiger charge is -2.17. The molecule has 1 aliphatic heterocycles. The van der Waals surface area contributed by atoms with Crippen molar-refractivity contribution in [2.75, 3.05) is 18.6 Å². The number of amides is 1. The SMILES string of the molecule is COC(=O)c1ccc(N2C[C@H](C(=O)[O-])CC2=O)cc1. The summed E-state index contributed by atoms with van der Waals surface area (Å²) in [5.74, 6) is -2.73. The molecule has 1 aromatic rings. The van der Waals surface area contributed by atoms with Crippen LogP contribution >= 0.6 is 0 Å². The van der Waals surface area contributed by atoms with Gasteiger partial charge in [-0.05, 0) is 24.3 Å². The molecule has 0 unspecified atom stereocenters. The van der Waals surface area contributed by atoms with Crippen LogP contribution in [-0.4, -0.2) is 31.5 Å². The molecule has 1 aromatic carbocycles. The minimum atomic E-state index is -1.22. The zero-order valence-electron chi connectivity index (χ0n) is 10.3. The molecule has 0 radical (unpaired) electrons. The summed E-state index contributed by atoms with van der Waals surface area (Å²) in [6.45, 7) is 0.0960. The molecule has 0 aliphatic carbocycles. The van der Waals surface area contributed by atoms with Crippen molar-refractivity contribution in [2.24, 2.45) is 5.92 Å². The standard InChI is InChI=1S/C13H13NO5/c1-19-13(18)8-2-4-10(5-3-8)14-7-9(12(16)17)6-11(14)15/h2-5,9H,6-7H2,1H3,(H,16,17)/p-1/t9-/m1/s1. The lowest BCUT2D eigenvalue weighted by Crippen LogP contribution is -2.33. The summed E-state index contributed by atoms with van der Waals surface area (Å²) in [5, 5.41) is 10.8. The Kier molecular flexibility index (Phi) is 3.50. The molecule has 0 saturated carbocycles. The van der Waals surface area contributed by atoms with Crippen LogP contribution in [0.3, 0.4) is 0 Å². The van der Waals surface area contributed by atoms with Crippen LogP contribution in [0.15, 0.2) is 24.3 Å². The summed E-state index contributed by atoms with van der Waals surface area (Å²) in [6, 6.07) is 6.23. The monoisotopic (exact) mass is 262 g/mol. The van der Waals surface area contributed by atoms with E-state index in [0.717, 1.165) is 0 Å². The van der Waals surface area contributed by atoms with Gasteiger partial charge in [-0.15, -0.1) is 0 Å².